The first kappa shape index (κ1) is 30.9. The normalized spacial score (nSPS) is 11.8. The van der Waals surface area contributed by atoms with Gasteiger partial charge in [0.05, 0.1) is 30.2 Å². The highest BCUT2D eigenvalue weighted by Crippen LogP contribution is 2.29. The number of aryl methyl sites for hydroxylation is 2. The molecular formula is C25H23F6N9O3. The third-order valence-electron chi connectivity index (χ3n) is 5.73. The van der Waals surface area contributed by atoms with Crippen molar-refractivity contribution in [2.75, 3.05) is 0 Å². The highest BCUT2D eigenvalue weighted by atomic mass is 19.4. The molecule has 0 saturated carbocycles. The number of nitrogens with one attached hydrogen (secondary N) is 2. The molecule has 0 bridgehead atoms. The summed E-state index contributed by atoms with van der Waals surface area (Å²) in [7, 11) is 0. The third kappa shape index (κ3) is 9.50. The molecule has 18 heteroatoms. The Hall–Kier alpha value is -5.03. The standard InChI is InChI=1S/C25H23F6N9O3/c26-24(27,28)17-6-7-32-18(11-17)13-34-23(42)21-15-40(38-36-21)9-2-1-8-39-14-20(35-37-39)22(41)33-12-16-4-3-5-19(10-16)43-25(29,30)31/h3-7,10-11,14-15H,1-2,8-9,12-13H2,(H,33,41)(H,34,42). The van der Waals surface area contributed by atoms with Gasteiger partial charge in [-0.1, -0.05) is 22.6 Å². The average molecular weight is 612 g/mol. The number of rotatable bonds is 12. The molecule has 4 aromatic rings. The molecule has 0 atom stereocenters. The molecule has 0 aliphatic heterocycles. The molecule has 0 spiro atoms. The van der Waals surface area contributed by atoms with E-state index < -0.39 is 35.7 Å². The van der Waals surface area contributed by atoms with Crippen molar-refractivity contribution in [3.8, 4) is 5.75 Å². The molecule has 0 radical (unpaired) electrons. The van der Waals surface area contributed by atoms with E-state index in [-0.39, 0.29) is 30.2 Å². The number of carbonyl (C=O) groups excluding carboxylic acids is 2. The minimum Gasteiger partial charge on any atom is -0.406 e. The van der Waals surface area contributed by atoms with Crippen LogP contribution in [-0.2, 0) is 32.4 Å². The molecular weight excluding hydrogens is 588 g/mol. The van der Waals surface area contributed by atoms with Crippen LogP contribution in [0.3, 0.4) is 0 Å². The summed E-state index contributed by atoms with van der Waals surface area (Å²) in [6, 6.07) is 6.90. The second kappa shape index (κ2) is 13.3. The monoisotopic (exact) mass is 611 g/mol. The molecule has 4 rings (SSSR count). The first-order chi connectivity index (χ1) is 20.4. The summed E-state index contributed by atoms with van der Waals surface area (Å²) in [6.45, 7) is 0.524. The number of amides is 2. The van der Waals surface area contributed by atoms with Crippen LogP contribution in [0.5, 0.6) is 5.75 Å². The molecule has 0 aliphatic carbocycles. The van der Waals surface area contributed by atoms with Crippen LogP contribution < -0.4 is 15.4 Å². The smallest absolute Gasteiger partial charge is 0.406 e. The Bertz CT molecular complexity index is 1550. The molecule has 2 N–H and O–H groups in total. The van der Waals surface area contributed by atoms with Gasteiger partial charge in [0.1, 0.15) is 5.75 Å². The topological polar surface area (TPSA) is 142 Å². The quantitative estimate of drug-likeness (QED) is 0.183. The molecule has 12 nitrogen and oxygen atoms in total. The van der Waals surface area contributed by atoms with E-state index in [2.05, 4.69) is 41.0 Å². The molecule has 0 saturated heterocycles. The lowest BCUT2D eigenvalue weighted by Crippen LogP contribution is -2.24. The number of pyridine rings is 1. The van der Waals surface area contributed by atoms with Crippen LogP contribution in [0.25, 0.3) is 0 Å². The molecule has 3 heterocycles. The second-order valence-corrected chi connectivity index (χ2v) is 9.03. The zero-order chi connectivity index (χ0) is 31.0. The summed E-state index contributed by atoms with van der Waals surface area (Å²) >= 11 is 0. The fraction of sp³-hybridized carbons (Fsp3) is 0.320. The number of carbonyl (C=O) groups is 2. The number of halogens is 6. The van der Waals surface area contributed by atoms with Crippen molar-refractivity contribution in [2.45, 2.75) is 51.6 Å². The maximum Gasteiger partial charge on any atom is 0.573 e. The summed E-state index contributed by atoms with van der Waals surface area (Å²) in [4.78, 5) is 28.5. The predicted octanol–water partition coefficient (Wildman–Crippen LogP) is 3.52. The summed E-state index contributed by atoms with van der Waals surface area (Å²) in [5.74, 6) is -1.59. The lowest BCUT2D eigenvalue weighted by atomic mass is 10.2. The molecule has 0 fully saturated rings. The van der Waals surface area contributed by atoms with Gasteiger partial charge in [-0.2, -0.15) is 13.2 Å². The van der Waals surface area contributed by atoms with Gasteiger partial charge in [0, 0.05) is 25.8 Å². The lowest BCUT2D eigenvalue weighted by Gasteiger charge is -2.10. The Labute approximate surface area is 239 Å². The molecule has 3 aromatic heterocycles. The van der Waals surface area contributed by atoms with Crippen molar-refractivity contribution in [1.29, 1.82) is 0 Å². The molecule has 1 aromatic carbocycles. The van der Waals surface area contributed by atoms with E-state index in [0.717, 1.165) is 30.5 Å². The Morgan fingerprint density at radius 3 is 2.00 bits per heavy atom. The maximum absolute atomic E-state index is 12.8. The Morgan fingerprint density at radius 2 is 1.42 bits per heavy atom. The van der Waals surface area contributed by atoms with Crippen LogP contribution in [0.1, 0.15) is 50.6 Å². The van der Waals surface area contributed by atoms with Gasteiger partial charge < -0.3 is 15.4 Å². The summed E-state index contributed by atoms with van der Waals surface area (Å²) in [5.41, 5.74) is -0.433. The van der Waals surface area contributed by atoms with E-state index in [1.54, 1.807) is 0 Å². The SMILES string of the molecule is O=C(NCc1cccc(OC(F)(F)F)c1)c1cn(CCCCn2cc(C(=O)NCc3cc(C(F)(F)F)ccn3)nn2)nn1. The molecule has 0 aliphatic rings. The van der Waals surface area contributed by atoms with Crippen LogP contribution in [-0.4, -0.2) is 53.1 Å². The number of alkyl halides is 6. The van der Waals surface area contributed by atoms with Gasteiger partial charge in [-0.05, 0) is 42.7 Å². The number of hydrogen-bond acceptors (Lipinski definition) is 8. The van der Waals surface area contributed by atoms with Crippen LogP contribution >= 0.6 is 0 Å². The second-order valence-electron chi connectivity index (χ2n) is 9.03. The average Bonchev–Trinajstić information content (AvgIpc) is 3.62. The highest BCUT2D eigenvalue weighted by molar-refractivity contribution is 5.92. The van der Waals surface area contributed by atoms with Crippen molar-refractivity contribution in [2.24, 2.45) is 0 Å². The van der Waals surface area contributed by atoms with Gasteiger partial charge in [-0.3, -0.25) is 23.9 Å². The minimum atomic E-state index is -4.83. The van der Waals surface area contributed by atoms with Crippen LogP contribution in [0.2, 0.25) is 0 Å². The fourth-order valence-corrected chi connectivity index (χ4v) is 3.71. The van der Waals surface area contributed by atoms with Gasteiger partial charge >= 0.3 is 12.5 Å². The van der Waals surface area contributed by atoms with Crippen molar-refractivity contribution < 1.29 is 40.7 Å². The zero-order valence-corrected chi connectivity index (χ0v) is 22.1. The van der Waals surface area contributed by atoms with E-state index in [4.69, 9.17) is 0 Å². The predicted molar refractivity (Wildman–Crippen MR) is 134 cm³/mol. The van der Waals surface area contributed by atoms with Crippen LogP contribution in [0.15, 0.2) is 55.0 Å². The molecule has 2 amide bonds. The Kier molecular flexibility index (Phi) is 9.56. The van der Waals surface area contributed by atoms with Crippen molar-refractivity contribution in [1.82, 2.24) is 45.6 Å². The largest absolute Gasteiger partial charge is 0.573 e. The molecule has 43 heavy (non-hydrogen) atoms. The summed E-state index contributed by atoms with van der Waals surface area (Å²) < 4.78 is 82.4. The van der Waals surface area contributed by atoms with E-state index >= 15 is 0 Å². The summed E-state index contributed by atoms with van der Waals surface area (Å²) in [5, 5.41) is 20.3. The Balaban J connectivity index is 1.17. The van der Waals surface area contributed by atoms with Gasteiger partial charge in [0.25, 0.3) is 11.8 Å². The van der Waals surface area contributed by atoms with Gasteiger partial charge in [0.2, 0.25) is 0 Å². The maximum atomic E-state index is 12.8. The fourth-order valence-electron chi connectivity index (χ4n) is 3.71. The van der Waals surface area contributed by atoms with Crippen molar-refractivity contribution in [3.63, 3.8) is 0 Å². The van der Waals surface area contributed by atoms with E-state index in [0.29, 0.717) is 31.5 Å². The van der Waals surface area contributed by atoms with E-state index in [9.17, 15) is 35.9 Å². The first-order valence-corrected chi connectivity index (χ1v) is 12.6. The third-order valence-corrected chi connectivity index (χ3v) is 5.73. The van der Waals surface area contributed by atoms with Crippen LogP contribution in [0, 0.1) is 0 Å². The Morgan fingerprint density at radius 1 is 0.814 bits per heavy atom. The first-order valence-electron chi connectivity index (χ1n) is 12.6. The molecule has 0 unspecified atom stereocenters. The number of unbranched alkanes of at least 4 members (excludes halogenated alkanes) is 1. The molecule has 228 valence electrons. The van der Waals surface area contributed by atoms with Gasteiger partial charge in [0.15, 0.2) is 11.4 Å². The van der Waals surface area contributed by atoms with Gasteiger partial charge in [-0.25, -0.2) is 0 Å². The number of ether oxygens (including phenoxy) is 1. The lowest BCUT2D eigenvalue weighted by molar-refractivity contribution is -0.274. The van der Waals surface area contributed by atoms with E-state index in [1.165, 1.54) is 33.9 Å². The van der Waals surface area contributed by atoms with E-state index in [1.807, 2.05) is 0 Å². The van der Waals surface area contributed by atoms with Crippen molar-refractivity contribution >= 4 is 11.8 Å². The van der Waals surface area contributed by atoms with Crippen LogP contribution in [0.4, 0.5) is 26.3 Å². The number of benzene rings is 1. The van der Waals surface area contributed by atoms with Crippen molar-refractivity contribution in [3.05, 3.63) is 83.2 Å². The number of aromatic nitrogens is 7. The van der Waals surface area contributed by atoms with Gasteiger partial charge in [-0.15, -0.1) is 23.4 Å². The number of nitrogens with zero attached hydrogens (tertiary/aromatic N) is 7. The zero-order valence-electron chi connectivity index (χ0n) is 22.1. The summed E-state index contributed by atoms with van der Waals surface area (Å²) in [6.07, 6.45) is -4.32. The minimum absolute atomic E-state index is 0.0153. The number of hydrogen-bond donors (Lipinski definition) is 2. The highest BCUT2D eigenvalue weighted by Gasteiger charge is 2.31.